The molecule has 25 heavy (non-hydrogen) atoms. The van der Waals surface area contributed by atoms with Gasteiger partial charge < -0.3 is 10.1 Å². The van der Waals surface area contributed by atoms with Crippen LogP contribution in [0.3, 0.4) is 0 Å². The normalized spacial score (nSPS) is 10.8. The average Bonchev–Trinajstić information content (AvgIpc) is 3.24. The third-order valence-electron chi connectivity index (χ3n) is 3.34. The first kappa shape index (κ1) is 17.9. The van der Waals surface area contributed by atoms with Gasteiger partial charge >= 0.3 is 0 Å². The molecule has 3 rings (SSSR count). The molecule has 0 saturated heterocycles. The zero-order valence-electron chi connectivity index (χ0n) is 13.2. The predicted molar refractivity (Wildman–Crippen MR) is 99.6 cm³/mol. The Labute approximate surface area is 158 Å². The van der Waals surface area contributed by atoms with Crippen molar-refractivity contribution in [2.75, 3.05) is 19.0 Å². The van der Waals surface area contributed by atoms with Gasteiger partial charge in [-0.2, -0.15) is 9.67 Å². The average molecular weight is 397 g/mol. The number of rotatable bonds is 6. The van der Waals surface area contributed by atoms with E-state index >= 15 is 0 Å². The number of hydrogen-bond acceptors (Lipinski definition) is 6. The molecular formula is C16H14Cl2N4O2S. The Bertz CT molecular complexity index is 860. The Hall–Kier alpha value is -1.93. The van der Waals surface area contributed by atoms with E-state index in [-0.39, 0.29) is 12.5 Å². The van der Waals surface area contributed by atoms with Gasteiger partial charge in [-0.05, 0) is 23.6 Å². The van der Waals surface area contributed by atoms with Crippen LogP contribution in [-0.2, 0) is 11.3 Å². The maximum Gasteiger partial charge on any atom is 0.276 e. The van der Waals surface area contributed by atoms with Gasteiger partial charge in [0, 0.05) is 29.3 Å². The molecule has 9 heteroatoms. The molecular weight excluding hydrogens is 383 g/mol. The van der Waals surface area contributed by atoms with Crippen molar-refractivity contribution in [2.45, 2.75) is 6.54 Å². The van der Waals surface area contributed by atoms with E-state index in [1.54, 1.807) is 18.2 Å². The van der Waals surface area contributed by atoms with Crippen molar-refractivity contribution in [3.05, 3.63) is 51.3 Å². The van der Waals surface area contributed by atoms with E-state index in [1.165, 1.54) is 23.1 Å². The molecule has 0 aliphatic rings. The highest BCUT2D eigenvalue weighted by atomic mass is 35.5. The Balaban J connectivity index is 1.90. The van der Waals surface area contributed by atoms with Crippen LogP contribution in [0.4, 0.5) is 5.95 Å². The van der Waals surface area contributed by atoms with E-state index in [1.807, 2.05) is 17.5 Å². The zero-order valence-corrected chi connectivity index (χ0v) is 15.5. The SMILES string of the molecule is COCC(=O)n1nc(-c2cccs2)nc1NCc1c(Cl)cccc1Cl. The first-order chi connectivity index (χ1) is 12.1. The highest BCUT2D eigenvalue weighted by Gasteiger charge is 2.18. The minimum absolute atomic E-state index is 0.102. The zero-order chi connectivity index (χ0) is 17.8. The molecule has 0 fully saturated rings. The van der Waals surface area contributed by atoms with Gasteiger partial charge in [-0.25, -0.2) is 0 Å². The Morgan fingerprint density at radius 1 is 1.28 bits per heavy atom. The molecule has 0 bridgehead atoms. The number of anilines is 1. The third-order valence-corrected chi connectivity index (χ3v) is 4.91. The molecule has 6 nitrogen and oxygen atoms in total. The summed E-state index contributed by atoms with van der Waals surface area (Å²) in [5.41, 5.74) is 0.720. The number of nitrogens with zero attached hydrogens (tertiary/aromatic N) is 3. The summed E-state index contributed by atoms with van der Waals surface area (Å²) in [4.78, 5) is 17.5. The molecule has 2 heterocycles. The lowest BCUT2D eigenvalue weighted by Gasteiger charge is -2.09. The number of methoxy groups -OCH3 is 1. The number of aromatic nitrogens is 3. The smallest absolute Gasteiger partial charge is 0.276 e. The molecule has 0 unspecified atom stereocenters. The number of hydrogen-bond donors (Lipinski definition) is 1. The van der Waals surface area contributed by atoms with Crippen LogP contribution in [0.1, 0.15) is 10.4 Å². The van der Waals surface area contributed by atoms with Crippen molar-refractivity contribution in [1.82, 2.24) is 14.8 Å². The maximum atomic E-state index is 12.2. The van der Waals surface area contributed by atoms with Crippen LogP contribution in [0.2, 0.25) is 10.0 Å². The van der Waals surface area contributed by atoms with Crippen LogP contribution in [0.25, 0.3) is 10.7 Å². The molecule has 130 valence electrons. The quantitative estimate of drug-likeness (QED) is 0.675. The minimum Gasteiger partial charge on any atom is -0.375 e. The summed E-state index contributed by atoms with van der Waals surface area (Å²) in [6.45, 7) is 0.204. The second-order valence-electron chi connectivity index (χ2n) is 5.03. The molecule has 0 spiro atoms. The fourth-order valence-electron chi connectivity index (χ4n) is 2.16. The molecule has 1 aromatic carbocycles. The number of carbonyl (C=O) groups is 1. The fourth-order valence-corrected chi connectivity index (χ4v) is 3.35. The third kappa shape index (κ3) is 4.01. The summed E-state index contributed by atoms with van der Waals surface area (Å²) >= 11 is 13.9. The lowest BCUT2D eigenvalue weighted by molar-refractivity contribution is 0.0748. The predicted octanol–water partition coefficient (Wildman–Crippen LogP) is 4.21. The summed E-state index contributed by atoms with van der Waals surface area (Å²) in [6.07, 6.45) is 0. The van der Waals surface area contributed by atoms with Crippen molar-refractivity contribution in [1.29, 1.82) is 0 Å². The lowest BCUT2D eigenvalue weighted by atomic mass is 10.2. The highest BCUT2D eigenvalue weighted by Crippen LogP contribution is 2.26. The number of thiophene rings is 1. The van der Waals surface area contributed by atoms with Gasteiger partial charge in [0.15, 0.2) is 5.82 Å². The standard InChI is InChI=1S/C16H14Cl2N4O2S/c1-24-9-14(23)22-16(20-15(21-22)13-6-3-7-25-13)19-8-10-11(17)4-2-5-12(10)18/h2-7H,8-9H2,1H3,(H,19,20,21). The Morgan fingerprint density at radius 2 is 2.04 bits per heavy atom. The molecule has 1 N–H and O–H groups in total. The van der Waals surface area contributed by atoms with Crippen LogP contribution in [0, 0.1) is 0 Å². The van der Waals surface area contributed by atoms with Gasteiger partial charge in [-0.3, -0.25) is 4.79 Å². The topological polar surface area (TPSA) is 69.0 Å². The molecule has 0 saturated carbocycles. The largest absolute Gasteiger partial charge is 0.375 e. The van der Waals surface area contributed by atoms with Crippen LogP contribution in [-0.4, -0.2) is 34.4 Å². The molecule has 0 aliphatic carbocycles. The van der Waals surface area contributed by atoms with Crippen molar-refractivity contribution in [3.8, 4) is 10.7 Å². The van der Waals surface area contributed by atoms with Crippen molar-refractivity contribution < 1.29 is 9.53 Å². The first-order valence-corrected chi connectivity index (χ1v) is 8.93. The number of nitrogens with one attached hydrogen (secondary N) is 1. The first-order valence-electron chi connectivity index (χ1n) is 7.30. The van der Waals surface area contributed by atoms with Crippen LogP contribution >= 0.6 is 34.5 Å². The van der Waals surface area contributed by atoms with E-state index in [2.05, 4.69) is 15.4 Å². The maximum absolute atomic E-state index is 12.2. The second kappa shape index (κ2) is 7.97. The van der Waals surface area contributed by atoms with E-state index in [0.29, 0.717) is 28.4 Å². The number of ether oxygens (including phenoxy) is 1. The molecule has 0 radical (unpaired) electrons. The molecule has 2 aromatic heterocycles. The fraction of sp³-hybridized carbons (Fsp3) is 0.188. The van der Waals surface area contributed by atoms with Gasteiger partial charge in [0.1, 0.15) is 6.61 Å². The van der Waals surface area contributed by atoms with Crippen LogP contribution < -0.4 is 5.32 Å². The Kier molecular flexibility index (Phi) is 5.70. The van der Waals surface area contributed by atoms with Crippen LogP contribution in [0.5, 0.6) is 0 Å². The molecule has 0 atom stereocenters. The van der Waals surface area contributed by atoms with Gasteiger partial charge in [0.2, 0.25) is 5.95 Å². The summed E-state index contributed by atoms with van der Waals surface area (Å²) in [7, 11) is 1.45. The lowest BCUT2D eigenvalue weighted by Crippen LogP contribution is -2.20. The van der Waals surface area contributed by atoms with E-state index in [0.717, 1.165) is 10.4 Å². The second-order valence-corrected chi connectivity index (χ2v) is 6.79. The summed E-state index contributed by atoms with van der Waals surface area (Å²) in [5, 5.41) is 10.4. The van der Waals surface area contributed by atoms with Crippen molar-refractivity contribution >= 4 is 46.4 Å². The summed E-state index contributed by atoms with van der Waals surface area (Å²) < 4.78 is 6.11. The monoisotopic (exact) mass is 396 g/mol. The van der Waals surface area contributed by atoms with Gasteiger partial charge in [-0.15, -0.1) is 16.4 Å². The number of halogens is 2. The van der Waals surface area contributed by atoms with Crippen molar-refractivity contribution in [3.63, 3.8) is 0 Å². The highest BCUT2D eigenvalue weighted by molar-refractivity contribution is 7.13. The number of benzene rings is 1. The Morgan fingerprint density at radius 3 is 2.68 bits per heavy atom. The van der Waals surface area contributed by atoms with E-state index < -0.39 is 0 Å². The van der Waals surface area contributed by atoms with Gasteiger partial charge in [0.25, 0.3) is 5.91 Å². The number of carbonyl (C=O) groups excluding carboxylic acids is 1. The molecule has 3 aromatic rings. The van der Waals surface area contributed by atoms with E-state index in [9.17, 15) is 4.79 Å². The minimum atomic E-state index is -0.328. The molecule has 0 aliphatic heterocycles. The van der Waals surface area contributed by atoms with Crippen molar-refractivity contribution in [2.24, 2.45) is 0 Å². The molecule has 0 amide bonds. The summed E-state index contributed by atoms with van der Waals surface area (Å²) in [5.74, 6) is 0.444. The summed E-state index contributed by atoms with van der Waals surface area (Å²) in [6, 6.07) is 9.06. The van der Waals surface area contributed by atoms with E-state index in [4.69, 9.17) is 27.9 Å². The van der Waals surface area contributed by atoms with Gasteiger partial charge in [0.05, 0.1) is 4.88 Å². The van der Waals surface area contributed by atoms with Gasteiger partial charge in [-0.1, -0.05) is 35.3 Å². The van der Waals surface area contributed by atoms with Crippen LogP contribution in [0.15, 0.2) is 35.7 Å².